The van der Waals surface area contributed by atoms with Crippen molar-refractivity contribution in [2.24, 2.45) is 5.92 Å². The highest BCUT2D eigenvalue weighted by molar-refractivity contribution is 6.32. The zero-order valence-corrected chi connectivity index (χ0v) is 12.3. The van der Waals surface area contributed by atoms with Gasteiger partial charge in [-0.05, 0) is 37.1 Å². The Hall–Kier alpha value is -2.00. The third-order valence-corrected chi connectivity index (χ3v) is 3.99. The van der Waals surface area contributed by atoms with Crippen LogP contribution in [0.1, 0.15) is 19.3 Å². The first-order chi connectivity index (χ1) is 10.2. The Morgan fingerprint density at radius 1 is 1.05 bits per heavy atom. The monoisotopic (exact) mass is 301 g/mol. The zero-order chi connectivity index (χ0) is 14.7. The first-order valence-corrected chi connectivity index (χ1v) is 7.44. The summed E-state index contributed by atoms with van der Waals surface area (Å²) in [5, 5.41) is 3.48. The van der Waals surface area contributed by atoms with E-state index in [0.29, 0.717) is 22.2 Å². The molecule has 0 unspecified atom stereocenters. The molecule has 0 radical (unpaired) electrons. The van der Waals surface area contributed by atoms with Crippen molar-refractivity contribution < 1.29 is 9.53 Å². The number of hydrogen-bond donors (Lipinski definition) is 1. The summed E-state index contributed by atoms with van der Waals surface area (Å²) in [5.41, 5.74) is 0.675. The molecule has 3 rings (SSSR count). The average molecular weight is 302 g/mol. The number of halogens is 1. The first kappa shape index (κ1) is 14.0. The van der Waals surface area contributed by atoms with Crippen molar-refractivity contribution in [3.05, 3.63) is 53.6 Å². The molecule has 4 heteroatoms. The smallest absolute Gasteiger partial charge is 0.227 e. The number of rotatable bonds is 4. The highest BCUT2D eigenvalue weighted by Crippen LogP contribution is 2.34. The van der Waals surface area contributed by atoms with Crippen LogP contribution in [0.25, 0.3) is 0 Å². The van der Waals surface area contributed by atoms with Crippen LogP contribution in [0.3, 0.4) is 0 Å². The van der Waals surface area contributed by atoms with Gasteiger partial charge in [0.2, 0.25) is 5.91 Å². The maximum Gasteiger partial charge on any atom is 0.227 e. The Balaban J connectivity index is 1.79. The van der Waals surface area contributed by atoms with Gasteiger partial charge in [-0.25, -0.2) is 0 Å². The lowest BCUT2D eigenvalue weighted by Gasteiger charge is -2.24. The first-order valence-electron chi connectivity index (χ1n) is 7.06. The Labute approximate surface area is 128 Å². The van der Waals surface area contributed by atoms with E-state index < -0.39 is 0 Å². The molecular weight excluding hydrogens is 286 g/mol. The molecule has 1 N–H and O–H groups in total. The summed E-state index contributed by atoms with van der Waals surface area (Å²) < 4.78 is 5.83. The number of hydrogen-bond acceptors (Lipinski definition) is 2. The van der Waals surface area contributed by atoms with Gasteiger partial charge in [-0.15, -0.1) is 0 Å². The molecule has 0 saturated heterocycles. The van der Waals surface area contributed by atoms with Crippen molar-refractivity contribution in [3.63, 3.8) is 0 Å². The fourth-order valence-corrected chi connectivity index (χ4v) is 2.38. The summed E-state index contributed by atoms with van der Waals surface area (Å²) >= 11 is 6.10. The molecule has 108 valence electrons. The van der Waals surface area contributed by atoms with Gasteiger partial charge >= 0.3 is 0 Å². The van der Waals surface area contributed by atoms with Crippen LogP contribution >= 0.6 is 11.6 Å². The van der Waals surface area contributed by atoms with Gasteiger partial charge in [0, 0.05) is 5.92 Å². The normalized spacial score (nSPS) is 14.3. The predicted molar refractivity (Wildman–Crippen MR) is 83.9 cm³/mol. The van der Waals surface area contributed by atoms with Crippen LogP contribution in [0.5, 0.6) is 11.5 Å². The van der Waals surface area contributed by atoms with E-state index in [-0.39, 0.29) is 11.8 Å². The lowest BCUT2D eigenvalue weighted by Crippen LogP contribution is -2.28. The molecule has 2 aromatic rings. The van der Waals surface area contributed by atoms with Crippen molar-refractivity contribution in [2.75, 3.05) is 5.32 Å². The van der Waals surface area contributed by atoms with Gasteiger partial charge < -0.3 is 10.1 Å². The van der Waals surface area contributed by atoms with Gasteiger partial charge in [0.05, 0.1) is 10.7 Å². The van der Waals surface area contributed by atoms with Crippen LogP contribution in [0, 0.1) is 5.92 Å². The number of ether oxygens (including phenoxy) is 1. The molecular formula is C17H16ClNO2. The minimum atomic E-state index is 0.0662. The van der Waals surface area contributed by atoms with E-state index in [4.69, 9.17) is 16.3 Å². The largest absolute Gasteiger partial charge is 0.454 e. The number of para-hydroxylation sites is 3. The molecule has 1 saturated carbocycles. The number of amides is 1. The van der Waals surface area contributed by atoms with Crippen LogP contribution in [-0.2, 0) is 4.79 Å². The van der Waals surface area contributed by atoms with Crippen LogP contribution in [0.2, 0.25) is 5.02 Å². The third kappa shape index (κ3) is 3.19. The highest BCUT2D eigenvalue weighted by atomic mass is 35.5. The van der Waals surface area contributed by atoms with E-state index in [1.807, 2.05) is 36.4 Å². The second-order valence-electron chi connectivity index (χ2n) is 5.15. The Morgan fingerprint density at radius 3 is 2.38 bits per heavy atom. The molecule has 1 aliphatic carbocycles. The molecule has 1 fully saturated rings. The van der Waals surface area contributed by atoms with Crippen LogP contribution < -0.4 is 10.1 Å². The molecule has 0 atom stereocenters. The molecule has 0 heterocycles. The lowest BCUT2D eigenvalue weighted by atomic mass is 9.85. The topological polar surface area (TPSA) is 38.3 Å². The number of anilines is 1. The minimum Gasteiger partial charge on any atom is -0.454 e. The average Bonchev–Trinajstić information content (AvgIpc) is 2.41. The molecule has 1 aliphatic rings. The molecule has 0 aliphatic heterocycles. The Bertz CT molecular complexity index is 653. The zero-order valence-electron chi connectivity index (χ0n) is 11.5. The van der Waals surface area contributed by atoms with E-state index in [2.05, 4.69) is 5.32 Å². The SMILES string of the molecule is O=C(Nc1ccccc1Oc1ccccc1Cl)C1CCC1. The standard InChI is InChI=1S/C17H16ClNO2/c18-13-8-1-3-10-15(13)21-16-11-4-2-9-14(16)19-17(20)12-6-5-7-12/h1-4,8-12H,5-7H2,(H,19,20). The molecule has 0 bridgehead atoms. The molecule has 1 amide bonds. The fourth-order valence-electron chi connectivity index (χ4n) is 2.21. The second-order valence-corrected chi connectivity index (χ2v) is 5.55. The van der Waals surface area contributed by atoms with E-state index in [1.54, 1.807) is 12.1 Å². The summed E-state index contributed by atoms with van der Waals surface area (Å²) in [6.45, 7) is 0. The van der Waals surface area contributed by atoms with Crippen molar-refractivity contribution in [2.45, 2.75) is 19.3 Å². The fraction of sp³-hybridized carbons (Fsp3) is 0.235. The van der Waals surface area contributed by atoms with Crippen LogP contribution in [0.4, 0.5) is 5.69 Å². The lowest BCUT2D eigenvalue weighted by molar-refractivity contribution is -0.122. The van der Waals surface area contributed by atoms with Gasteiger partial charge in [0.15, 0.2) is 5.75 Å². The number of benzene rings is 2. The number of carbonyl (C=O) groups is 1. The van der Waals surface area contributed by atoms with Gasteiger partial charge in [0.25, 0.3) is 0 Å². The van der Waals surface area contributed by atoms with Crippen LogP contribution in [0.15, 0.2) is 48.5 Å². The Kier molecular flexibility index (Phi) is 4.11. The number of nitrogens with one attached hydrogen (secondary N) is 1. The van der Waals surface area contributed by atoms with Crippen molar-refractivity contribution in [1.29, 1.82) is 0 Å². The molecule has 0 spiro atoms. The summed E-state index contributed by atoms with van der Waals surface area (Å²) in [7, 11) is 0. The quantitative estimate of drug-likeness (QED) is 0.875. The van der Waals surface area contributed by atoms with Gasteiger partial charge in [-0.3, -0.25) is 4.79 Å². The molecule has 2 aromatic carbocycles. The molecule has 3 nitrogen and oxygen atoms in total. The maximum absolute atomic E-state index is 12.1. The second kappa shape index (κ2) is 6.19. The summed E-state index contributed by atoms with van der Waals surface area (Å²) in [5.74, 6) is 1.37. The molecule has 21 heavy (non-hydrogen) atoms. The Morgan fingerprint density at radius 2 is 1.71 bits per heavy atom. The minimum absolute atomic E-state index is 0.0662. The van der Waals surface area contributed by atoms with Crippen molar-refractivity contribution >= 4 is 23.2 Å². The summed E-state index contributed by atoms with van der Waals surface area (Å²) in [6.07, 6.45) is 3.08. The number of carbonyl (C=O) groups excluding carboxylic acids is 1. The molecule has 0 aromatic heterocycles. The third-order valence-electron chi connectivity index (χ3n) is 3.68. The van der Waals surface area contributed by atoms with E-state index in [1.165, 1.54) is 0 Å². The van der Waals surface area contributed by atoms with Crippen LogP contribution in [-0.4, -0.2) is 5.91 Å². The summed E-state index contributed by atoms with van der Waals surface area (Å²) in [4.78, 5) is 12.1. The van der Waals surface area contributed by atoms with Crippen molar-refractivity contribution in [3.8, 4) is 11.5 Å². The maximum atomic E-state index is 12.1. The van der Waals surface area contributed by atoms with E-state index >= 15 is 0 Å². The van der Waals surface area contributed by atoms with Gasteiger partial charge in [-0.2, -0.15) is 0 Å². The van der Waals surface area contributed by atoms with Gasteiger partial charge in [-0.1, -0.05) is 42.3 Å². The summed E-state index contributed by atoms with van der Waals surface area (Å²) in [6, 6.07) is 14.7. The predicted octanol–water partition coefficient (Wildman–Crippen LogP) is 4.87. The van der Waals surface area contributed by atoms with E-state index in [0.717, 1.165) is 19.3 Å². The van der Waals surface area contributed by atoms with E-state index in [9.17, 15) is 4.79 Å². The van der Waals surface area contributed by atoms with Gasteiger partial charge in [0.1, 0.15) is 5.75 Å². The highest BCUT2D eigenvalue weighted by Gasteiger charge is 2.25. The van der Waals surface area contributed by atoms with Crippen molar-refractivity contribution in [1.82, 2.24) is 0 Å².